The number of amides is 1. The number of benzene rings is 1. The van der Waals surface area contributed by atoms with Crippen LogP contribution in [0, 0.1) is 6.92 Å². The predicted octanol–water partition coefficient (Wildman–Crippen LogP) is 3.71. The van der Waals surface area contributed by atoms with Crippen molar-refractivity contribution in [1.29, 1.82) is 0 Å². The van der Waals surface area contributed by atoms with E-state index in [9.17, 15) is 4.79 Å². The number of carbonyl (C=O) groups excluding carboxylic acids is 1. The third-order valence-electron chi connectivity index (χ3n) is 3.82. The van der Waals surface area contributed by atoms with Gasteiger partial charge in [-0.25, -0.2) is 4.98 Å². The van der Waals surface area contributed by atoms with Gasteiger partial charge in [-0.05, 0) is 35.6 Å². The van der Waals surface area contributed by atoms with Crippen LogP contribution in [-0.4, -0.2) is 15.5 Å². The Morgan fingerprint density at radius 1 is 1.29 bits per heavy atom. The lowest BCUT2D eigenvalue weighted by atomic mass is 10.1. The fourth-order valence-electron chi connectivity index (χ4n) is 2.49. The number of rotatable bonds is 5. The van der Waals surface area contributed by atoms with Crippen molar-refractivity contribution in [3.05, 3.63) is 82.1 Å². The van der Waals surface area contributed by atoms with Crippen molar-refractivity contribution in [2.24, 2.45) is 7.05 Å². The van der Waals surface area contributed by atoms with E-state index < -0.39 is 0 Å². The first-order valence-corrected chi connectivity index (χ1v) is 8.58. The molecule has 0 aliphatic heterocycles. The van der Waals surface area contributed by atoms with Crippen LogP contribution in [-0.2, 0) is 11.8 Å². The summed E-state index contributed by atoms with van der Waals surface area (Å²) < 4.78 is 1.92. The van der Waals surface area contributed by atoms with E-state index in [1.165, 1.54) is 5.56 Å². The zero-order chi connectivity index (χ0) is 16.9. The molecule has 4 nitrogen and oxygen atoms in total. The Morgan fingerprint density at radius 3 is 2.71 bits per heavy atom. The number of nitrogens with one attached hydrogen (secondary N) is 1. The Balaban J connectivity index is 1.82. The van der Waals surface area contributed by atoms with Gasteiger partial charge in [0.15, 0.2) is 0 Å². The van der Waals surface area contributed by atoms with Gasteiger partial charge in [0.2, 0.25) is 5.91 Å². The van der Waals surface area contributed by atoms with Gasteiger partial charge in [-0.15, -0.1) is 11.3 Å². The number of imidazole rings is 1. The van der Waals surface area contributed by atoms with Gasteiger partial charge < -0.3 is 9.88 Å². The van der Waals surface area contributed by atoms with E-state index in [2.05, 4.69) is 10.3 Å². The van der Waals surface area contributed by atoms with Gasteiger partial charge in [-0.3, -0.25) is 4.79 Å². The van der Waals surface area contributed by atoms with Crippen molar-refractivity contribution >= 4 is 23.3 Å². The zero-order valence-electron chi connectivity index (χ0n) is 13.6. The monoisotopic (exact) mass is 337 g/mol. The van der Waals surface area contributed by atoms with Crippen LogP contribution >= 0.6 is 11.3 Å². The summed E-state index contributed by atoms with van der Waals surface area (Å²) in [6.07, 6.45) is 7.05. The van der Waals surface area contributed by atoms with Crippen molar-refractivity contribution in [3.8, 4) is 0 Å². The molecule has 0 aliphatic carbocycles. The molecule has 0 saturated carbocycles. The maximum absolute atomic E-state index is 12.4. The highest BCUT2D eigenvalue weighted by Crippen LogP contribution is 2.21. The minimum atomic E-state index is -0.284. The number of hydrogen-bond donors (Lipinski definition) is 1. The zero-order valence-corrected chi connectivity index (χ0v) is 14.5. The molecule has 1 atom stereocenters. The fraction of sp³-hybridized carbons (Fsp3) is 0.158. The van der Waals surface area contributed by atoms with Crippen LogP contribution in [0.2, 0.25) is 0 Å². The lowest BCUT2D eigenvalue weighted by Gasteiger charge is -2.18. The number of nitrogens with zero attached hydrogens (tertiary/aromatic N) is 2. The van der Waals surface area contributed by atoms with Crippen LogP contribution in [0.25, 0.3) is 6.08 Å². The molecule has 0 radical (unpaired) electrons. The summed E-state index contributed by atoms with van der Waals surface area (Å²) in [5.74, 6) is 0.662. The molecule has 0 fully saturated rings. The summed E-state index contributed by atoms with van der Waals surface area (Å²) in [5.41, 5.74) is 2.17. The molecule has 5 heteroatoms. The smallest absolute Gasteiger partial charge is 0.244 e. The Kier molecular flexibility index (Phi) is 4.91. The number of aryl methyl sites for hydroxylation is 2. The van der Waals surface area contributed by atoms with Crippen LogP contribution in [0.4, 0.5) is 0 Å². The van der Waals surface area contributed by atoms with Crippen LogP contribution in [0.5, 0.6) is 0 Å². The predicted molar refractivity (Wildman–Crippen MR) is 97.7 cm³/mol. The Morgan fingerprint density at radius 2 is 2.08 bits per heavy atom. The fourth-order valence-corrected chi connectivity index (χ4v) is 3.31. The topological polar surface area (TPSA) is 46.9 Å². The van der Waals surface area contributed by atoms with Gasteiger partial charge in [0.05, 0.1) is 0 Å². The van der Waals surface area contributed by atoms with E-state index in [1.807, 2.05) is 72.6 Å². The van der Waals surface area contributed by atoms with Crippen molar-refractivity contribution < 1.29 is 4.79 Å². The molecule has 24 heavy (non-hydrogen) atoms. The molecule has 1 N–H and O–H groups in total. The standard InChI is InChI=1S/C19H19N3OS/c1-14-10-13-24-16(14)8-9-17(23)21-18(15-6-4-3-5-7-15)19-20-11-12-22(19)2/h3-13,18H,1-2H3,(H,21,23)/b9-8+. The van der Waals surface area contributed by atoms with E-state index in [0.717, 1.165) is 16.3 Å². The van der Waals surface area contributed by atoms with Crippen LogP contribution in [0.15, 0.2) is 60.2 Å². The maximum Gasteiger partial charge on any atom is 0.244 e. The molecule has 1 aromatic carbocycles. The van der Waals surface area contributed by atoms with Gasteiger partial charge in [0.25, 0.3) is 0 Å². The normalized spacial score (nSPS) is 12.4. The van der Waals surface area contributed by atoms with Gasteiger partial charge in [0.1, 0.15) is 11.9 Å². The van der Waals surface area contributed by atoms with Gasteiger partial charge in [0, 0.05) is 30.4 Å². The van der Waals surface area contributed by atoms with Crippen molar-refractivity contribution in [2.75, 3.05) is 0 Å². The largest absolute Gasteiger partial charge is 0.339 e. The highest BCUT2D eigenvalue weighted by Gasteiger charge is 2.19. The van der Waals surface area contributed by atoms with Crippen LogP contribution < -0.4 is 5.32 Å². The third kappa shape index (κ3) is 3.63. The molecular formula is C19H19N3OS. The minimum absolute atomic E-state index is 0.139. The van der Waals surface area contributed by atoms with Gasteiger partial charge in [-0.2, -0.15) is 0 Å². The molecule has 0 saturated heterocycles. The molecular weight excluding hydrogens is 318 g/mol. The highest BCUT2D eigenvalue weighted by atomic mass is 32.1. The lowest BCUT2D eigenvalue weighted by Crippen LogP contribution is -2.29. The van der Waals surface area contributed by atoms with Crippen LogP contribution in [0.1, 0.15) is 27.9 Å². The summed E-state index contributed by atoms with van der Waals surface area (Å²) in [6.45, 7) is 2.04. The SMILES string of the molecule is Cc1ccsc1/C=C/C(=O)NC(c1ccccc1)c1nccn1C. The number of hydrogen-bond acceptors (Lipinski definition) is 3. The average Bonchev–Trinajstić information content (AvgIpc) is 3.20. The summed E-state index contributed by atoms with van der Waals surface area (Å²) >= 11 is 1.62. The maximum atomic E-state index is 12.4. The molecule has 0 spiro atoms. The molecule has 0 bridgehead atoms. The van der Waals surface area contributed by atoms with Gasteiger partial charge in [-0.1, -0.05) is 30.3 Å². The Hall–Kier alpha value is -2.66. The number of thiophene rings is 1. The summed E-state index contributed by atoms with van der Waals surface area (Å²) in [5, 5.41) is 5.08. The van der Waals surface area contributed by atoms with E-state index in [4.69, 9.17) is 0 Å². The summed E-state index contributed by atoms with van der Waals surface area (Å²) in [6, 6.07) is 11.6. The molecule has 0 aliphatic rings. The Labute approximate surface area is 145 Å². The molecule has 3 aromatic rings. The second-order valence-corrected chi connectivity index (χ2v) is 6.50. The molecule has 1 amide bonds. The first kappa shape index (κ1) is 16.2. The molecule has 2 aromatic heterocycles. The van der Waals surface area contributed by atoms with Crippen LogP contribution in [0.3, 0.4) is 0 Å². The quantitative estimate of drug-likeness (QED) is 0.722. The second kappa shape index (κ2) is 7.27. The lowest BCUT2D eigenvalue weighted by molar-refractivity contribution is -0.117. The Bertz CT molecular complexity index is 848. The molecule has 122 valence electrons. The summed E-state index contributed by atoms with van der Waals surface area (Å²) in [7, 11) is 1.93. The highest BCUT2D eigenvalue weighted by molar-refractivity contribution is 7.11. The average molecular weight is 337 g/mol. The first-order valence-electron chi connectivity index (χ1n) is 7.70. The van der Waals surface area contributed by atoms with E-state index in [0.29, 0.717) is 0 Å². The molecule has 2 heterocycles. The third-order valence-corrected chi connectivity index (χ3v) is 4.81. The number of carbonyl (C=O) groups is 1. The van der Waals surface area contributed by atoms with Crippen molar-refractivity contribution in [2.45, 2.75) is 13.0 Å². The summed E-state index contributed by atoms with van der Waals surface area (Å²) in [4.78, 5) is 17.9. The van der Waals surface area contributed by atoms with Gasteiger partial charge >= 0.3 is 0 Å². The van der Waals surface area contributed by atoms with Crippen molar-refractivity contribution in [1.82, 2.24) is 14.9 Å². The minimum Gasteiger partial charge on any atom is -0.339 e. The van der Waals surface area contributed by atoms with E-state index in [-0.39, 0.29) is 11.9 Å². The second-order valence-electron chi connectivity index (χ2n) is 5.55. The van der Waals surface area contributed by atoms with E-state index >= 15 is 0 Å². The molecule has 1 unspecified atom stereocenters. The van der Waals surface area contributed by atoms with Crippen molar-refractivity contribution in [3.63, 3.8) is 0 Å². The first-order chi connectivity index (χ1) is 11.6. The number of aromatic nitrogens is 2. The van der Waals surface area contributed by atoms with E-state index in [1.54, 1.807) is 23.6 Å². The molecule has 3 rings (SSSR count).